The van der Waals surface area contributed by atoms with E-state index in [0.717, 1.165) is 0 Å². The van der Waals surface area contributed by atoms with Gasteiger partial charge in [-0.2, -0.15) is 0 Å². The molecule has 0 saturated heterocycles. The Morgan fingerprint density at radius 1 is 1.00 bits per heavy atom. The summed E-state index contributed by atoms with van der Waals surface area (Å²) in [5.41, 5.74) is 1.54. The van der Waals surface area contributed by atoms with Gasteiger partial charge in [0.2, 0.25) is 11.8 Å². The highest BCUT2D eigenvalue weighted by Crippen LogP contribution is 2.13. The smallest absolute Gasteiger partial charge is 0.261 e. The first-order valence-electron chi connectivity index (χ1n) is 7.64. The van der Waals surface area contributed by atoms with E-state index in [-0.39, 0.29) is 23.9 Å². The second-order valence-electron chi connectivity index (χ2n) is 5.50. The predicted molar refractivity (Wildman–Crippen MR) is 95.4 cm³/mol. The van der Waals surface area contributed by atoms with Crippen molar-refractivity contribution in [2.45, 2.75) is 13.5 Å². The van der Waals surface area contributed by atoms with E-state index in [1.165, 1.54) is 17.8 Å². The molecule has 126 valence electrons. The molecule has 0 aliphatic carbocycles. The first kappa shape index (κ1) is 16.4. The third kappa shape index (κ3) is 3.89. The van der Waals surface area contributed by atoms with Crippen molar-refractivity contribution in [3.05, 3.63) is 65.2 Å². The minimum absolute atomic E-state index is 0.135. The van der Waals surface area contributed by atoms with Crippen molar-refractivity contribution in [3.8, 4) is 0 Å². The van der Waals surface area contributed by atoms with Crippen LogP contribution in [0.4, 0.5) is 11.4 Å². The molecule has 2 aromatic carbocycles. The Hall–Kier alpha value is -3.48. The summed E-state index contributed by atoms with van der Waals surface area (Å²) in [6.45, 7) is 1.29. The van der Waals surface area contributed by atoms with E-state index in [9.17, 15) is 14.4 Å². The molecule has 0 atom stereocenters. The average Bonchev–Trinajstić information content (AvgIpc) is 2.59. The lowest BCUT2D eigenvalue weighted by atomic mass is 10.2. The molecular weight excluding hydrogens is 320 g/mol. The lowest BCUT2D eigenvalue weighted by molar-refractivity contribution is -0.117. The summed E-state index contributed by atoms with van der Waals surface area (Å²) in [5.74, 6) is -0.508. The van der Waals surface area contributed by atoms with Crippen molar-refractivity contribution in [3.63, 3.8) is 0 Å². The third-order valence-corrected chi connectivity index (χ3v) is 3.53. The molecule has 3 rings (SSSR count). The maximum atomic E-state index is 12.4. The number of benzene rings is 2. The topological polar surface area (TPSA) is 93.1 Å². The first-order chi connectivity index (χ1) is 12.0. The maximum absolute atomic E-state index is 12.4. The van der Waals surface area contributed by atoms with Crippen LogP contribution in [0.2, 0.25) is 0 Å². The number of carbonyl (C=O) groups is 2. The number of para-hydroxylation sites is 1. The van der Waals surface area contributed by atoms with Gasteiger partial charge < -0.3 is 10.6 Å². The Labute approximate surface area is 143 Å². The molecule has 7 heteroatoms. The van der Waals surface area contributed by atoms with Crippen LogP contribution in [0.3, 0.4) is 0 Å². The summed E-state index contributed by atoms with van der Waals surface area (Å²) >= 11 is 0. The normalized spacial score (nSPS) is 10.4. The zero-order valence-electron chi connectivity index (χ0n) is 13.5. The second kappa shape index (κ2) is 6.96. The van der Waals surface area contributed by atoms with Crippen LogP contribution in [0, 0.1) is 0 Å². The minimum atomic E-state index is -0.341. The van der Waals surface area contributed by atoms with Crippen molar-refractivity contribution in [2.75, 3.05) is 10.6 Å². The van der Waals surface area contributed by atoms with Gasteiger partial charge in [-0.15, -0.1) is 0 Å². The summed E-state index contributed by atoms with van der Waals surface area (Å²) in [5, 5.41) is 5.82. The van der Waals surface area contributed by atoms with Crippen LogP contribution in [0.15, 0.2) is 59.7 Å². The second-order valence-corrected chi connectivity index (χ2v) is 5.50. The summed E-state index contributed by atoms with van der Waals surface area (Å²) in [4.78, 5) is 39.7. The van der Waals surface area contributed by atoms with Gasteiger partial charge in [0.1, 0.15) is 6.54 Å². The van der Waals surface area contributed by atoms with Gasteiger partial charge in [-0.1, -0.05) is 12.1 Å². The Balaban J connectivity index is 1.71. The minimum Gasteiger partial charge on any atom is -0.326 e. The third-order valence-electron chi connectivity index (χ3n) is 3.53. The zero-order chi connectivity index (χ0) is 17.8. The molecule has 7 nitrogen and oxygen atoms in total. The Bertz CT molecular complexity index is 993. The molecule has 1 aromatic heterocycles. The lowest BCUT2D eigenvalue weighted by Gasteiger charge is -2.09. The van der Waals surface area contributed by atoms with Crippen molar-refractivity contribution in [1.29, 1.82) is 0 Å². The number of nitrogens with one attached hydrogen (secondary N) is 2. The van der Waals surface area contributed by atoms with Crippen LogP contribution in [0.1, 0.15) is 6.92 Å². The van der Waals surface area contributed by atoms with Crippen LogP contribution >= 0.6 is 0 Å². The molecule has 0 fully saturated rings. The molecule has 0 unspecified atom stereocenters. The Morgan fingerprint density at radius 2 is 1.64 bits per heavy atom. The molecule has 0 bridgehead atoms. The standard InChI is InChI=1S/C18H16N4O3/c1-12(23)20-13-6-8-14(9-7-13)21-17(24)10-22-11-19-16-5-3-2-4-15(16)18(22)25/h2-9,11H,10H2,1H3,(H,20,23)(H,21,24). The largest absolute Gasteiger partial charge is 0.326 e. The Kier molecular flexibility index (Phi) is 4.56. The van der Waals surface area contributed by atoms with Gasteiger partial charge in [0, 0.05) is 18.3 Å². The van der Waals surface area contributed by atoms with E-state index in [2.05, 4.69) is 15.6 Å². The molecule has 0 spiro atoms. The molecular formula is C18H16N4O3. The van der Waals surface area contributed by atoms with Crippen molar-refractivity contribution < 1.29 is 9.59 Å². The molecule has 2 amide bonds. The van der Waals surface area contributed by atoms with Crippen LogP contribution in [-0.4, -0.2) is 21.4 Å². The summed E-state index contributed by atoms with van der Waals surface area (Å²) in [7, 11) is 0. The Morgan fingerprint density at radius 3 is 2.32 bits per heavy atom. The van der Waals surface area contributed by atoms with E-state index in [1.807, 2.05) is 0 Å². The predicted octanol–water partition coefficient (Wildman–Crippen LogP) is 1.99. The number of fused-ring (bicyclic) bond motifs is 1. The van der Waals surface area contributed by atoms with Crippen LogP contribution in [-0.2, 0) is 16.1 Å². The monoisotopic (exact) mass is 336 g/mol. The number of nitrogens with zero attached hydrogens (tertiary/aromatic N) is 2. The quantitative estimate of drug-likeness (QED) is 0.762. The summed E-state index contributed by atoms with van der Waals surface area (Å²) in [6.07, 6.45) is 1.37. The van der Waals surface area contributed by atoms with Gasteiger partial charge in [0.05, 0.1) is 17.2 Å². The van der Waals surface area contributed by atoms with Crippen LogP contribution < -0.4 is 16.2 Å². The molecule has 2 N–H and O–H groups in total. The van der Waals surface area contributed by atoms with Crippen molar-refractivity contribution in [1.82, 2.24) is 9.55 Å². The number of amides is 2. The SMILES string of the molecule is CC(=O)Nc1ccc(NC(=O)Cn2cnc3ccccc3c2=O)cc1. The van der Waals surface area contributed by atoms with Crippen molar-refractivity contribution in [2.24, 2.45) is 0 Å². The first-order valence-corrected chi connectivity index (χ1v) is 7.64. The number of hydrogen-bond acceptors (Lipinski definition) is 4. The molecule has 0 aliphatic heterocycles. The van der Waals surface area contributed by atoms with Gasteiger partial charge in [-0.3, -0.25) is 19.0 Å². The van der Waals surface area contributed by atoms with Crippen LogP contribution in [0.5, 0.6) is 0 Å². The fourth-order valence-corrected chi connectivity index (χ4v) is 2.41. The molecule has 3 aromatic rings. The molecule has 0 aliphatic rings. The number of hydrogen-bond donors (Lipinski definition) is 2. The highest BCUT2D eigenvalue weighted by Gasteiger charge is 2.08. The van der Waals surface area contributed by atoms with Gasteiger partial charge in [0.25, 0.3) is 5.56 Å². The average molecular weight is 336 g/mol. The van der Waals surface area contributed by atoms with Crippen LogP contribution in [0.25, 0.3) is 10.9 Å². The number of aromatic nitrogens is 2. The zero-order valence-corrected chi connectivity index (χ0v) is 13.5. The van der Waals surface area contributed by atoms with Gasteiger partial charge >= 0.3 is 0 Å². The van der Waals surface area contributed by atoms with Gasteiger partial charge in [-0.05, 0) is 36.4 Å². The summed E-state index contributed by atoms with van der Waals surface area (Å²) in [6, 6.07) is 13.7. The maximum Gasteiger partial charge on any atom is 0.261 e. The van der Waals surface area contributed by atoms with Gasteiger partial charge in [0.15, 0.2) is 0 Å². The fraction of sp³-hybridized carbons (Fsp3) is 0.111. The van der Waals surface area contributed by atoms with E-state index in [4.69, 9.17) is 0 Å². The fourth-order valence-electron chi connectivity index (χ4n) is 2.41. The van der Waals surface area contributed by atoms with Gasteiger partial charge in [-0.25, -0.2) is 4.98 Å². The number of carbonyl (C=O) groups excluding carboxylic acids is 2. The van der Waals surface area contributed by atoms with Crippen molar-refractivity contribution >= 4 is 34.1 Å². The molecule has 0 saturated carbocycles. The lowest BCUT2D eigenvalue weighted by Crippen LogP contribution is -2.27. The van der Waals surface area contributed by atoms with E-state index >= 15 is 0 Å². The van der Waals surface area contributed by atoms with E-state index in [1.54, 1.807) is 48.5 Å². The van der Waals surface area contributed by atoms with E-state index < -0.39 is 0 Å². The summed E-state index contributed by atoms with van der Waals surface area (Å²) < 4.78 is 1.27. The molecule has 0 radical (unpaired) electrons. The number of rotatable bonds is 4. The highest BCUT2D eigenvalue weighted by molar-refractivity contribution is 5.92. The number of anilines is 2. The van der Waals surface area contributed by atoms with E-state index in [0.29, 0.717) is 22.3 Å². The molecule has 1 heterocycles. The molecule has 25 heavy (non-hydrogen) atoms. The highest BCUT2D eigenvalue weighted by atomic mass is 16.2.